The number of imide groups is 1. The molecule has 0 bridgehead atoms. The third-order valence-corrected chi connectivity index (χ3v) is 20.5. The number of unbranched alkanes of at least 4 members (excludes halogenated alkanes) is 55. The third-order valence-electron chi connectivity index (χ3n) is 20.5. The van der Waals surface area contributed by atoms with Crippen LogP contribution in [0.5, 0.6) is 0 Å². The summed E-state index contributed by atoms with van der Waals surface area (Å²) in [4.78, 5) is 62.6. The summed E-state index contributed by atoms with van der Waals surface area (Å²) in [5, 5.41) is 17.0. The highest BCUT2D eigenvalue weighted by atomic mass is 16.5. The molecular formula is C96H179NO8. The smallest absolute Gasteiger partial charge is 0.305 e. The van der Waals surface area contributed by atoms with E-state index in [4.69, 9.17) is 14.9 Å². The molecule has 2 amide bonds. The molecule has 1 atom stereocenters. The highest BCUT2D eigenvalue weighted by molar-refractivity contribution is 5.95. The average Bonchev–Trinajstić information content (AvgIpc) is 0.861. The summed E-state index contributed by atoms with van der Waals surface area (Å²) >= 11 is 0. The van der Waals surface area contributed by atoms with Crippen LogP contribution in [0.2, 0.25) is 0 Å². The van der Waals surface area contributed by atoms with Gasteiger partial charge in [-0.25, -0.2) is 0 Å². The maximum atomic E-state index is 13.8. The van der Waals surface area contributed by atoms with Crippen molar-refractivity contribution in [2.45, 2.75) is 516 Å². The minimum Gasteiger partial charge on any atom is -0.481 e. The van der Waals surface area contributed by atoms with Crippen LogP contribution in [0.4, 0.5) is 0 Å². The van der Waals surface area contributed by atoms with Crippen molar-refractivity contribution in [1.29, 1.82) is 0 Å². The zero-order valence-corrected chi connectivity index (χ0v) is 71.0. The van der Waals surface area contributed by atoms with Crippen LogP contribution in [0, 0.1) is 0 Å². The van der Waals surface area contributed by atoms with Crippen molar-refractivity contribution in [3.63, 3.8) is 0 Å². The molecule has 0 aliphatic carbocycles. The number of hydrogen-bond donors (Lipinski definition) is 2. The molecule has 9 heteroatoms. The summed E-state index contributed by atoms with van der Waals surface area (Å²) in [7, 11) is 0. The number of carbonyl (C=O) groups excluding carboxylic acids is 3. The summed E-state index contributed by atoms with van der Waals surface area (Å²) in [6.45, 7) is 13.7. The highest BCUT2D eigenvalue weighted by Crippen LogP contribution is 2.22. The molecule has 616 valence electrons. The Morgan fingerprint density at radius 3 is 0.638 bits per heavy atom. The van der Waals surface area contributed by atoms with Crippen LogP contribution in [0.25, 0.3) is 0 Å². The number of ether oxygens (including phenoxy) is 1. The summed E-state index contributed by atoms with van der Waals surface area (Å²) in [6.07, 6.45) is 108. The van der Waals surface area contributed by atoms with Crippen LogP contribution in [-0.2, 0) is 28.7 Å². The summed E-state index contributed by atoms with van der Waals surface area (Å²) in [5.74, 6) is -1.54. The van der Waals surface area contributed by atoms with Gasteiger partial charge in [0.2, 0.25) is 11.8 Å². The predicted molar refractivity (Wildman–Crippen MR) is 459 cm³/mol. The van der Waals surface area contributed by atoms with Crippen LogP contribution in [0.1, 0.15) is 510 Å². The van der Waals surface area contributed by atoms with Crippen molar-refractivity contribution in [2.75, 3.05) is 6.61 Å². The maximum absolute atomic E-state index is 13.8. The van der Waals surface area contributed by atoms with Gasteiger partial charge in [-0.3, -0.25) is 28.9 Å². The largest absolute Gasteiger partial charge is 0.481 e. The lowest BCUT2D eigenvalue weighted by Gasteiger charge is -2.30. The van der Waals surface area contributed by atoms with Gasteiger partial charge in [0.05, 0.1) is 6.61 Å². The molecule has 105 heavy (non-hydrogen) atoms. The molecule has 0 fully saturated rings. The molecule has 0 heterocycles. The lowest BCUT2D eigenvalue weighted by molar-refractivity contribution is -0.149. The Balaban J connectivity index is -0.00000209. The molecule has 0 saturated carbocycles. The van der Waals surface area contributed by atoms with Crippen molar-refractivity contribution in [1.82, 2.24) is 4.90 Å². The van der Waals surface area contributed by atoms with E-state index in [0.29, 0.717) is 38.5 Å². The van der Waals surface area contributed by atoms with E-state index >= 15 is 0 Å². The van der Waals surface area contributed by atoms with Gasteiger partial charge in [-0.1, -0.05) is 366 Å². The van der Waals surface area contributed by atoms with Crippen molar-refractivity contribution < 1.29 is 38.9 Å². The third kappa shape index (κ3) is 92.6. The standard InChI is InChI=1S/C60H111NO4.2C18H34O2/c1-5-9-12-15-18-21-24-27-30-33-36-39-42-45-48-52-58(62)61(59(63)53-49-46-43-40-37-34-31-28-25-22-19-16-13-10-6-2)57(51-8-4)55-56-65-60(64)54-50-47-44-41-38-35-32-29-26-23-20-17-14-11-7-3;2*1-2-3-4-5-6-7-8-9-10-11-12-13-14-15-16-17-18(19)20/h27-32,57H,5-26,33-56H2,1-4H3;2*9-10H,2-8,11-17H2,1H3,(H,19,20). The number of carbonyl (C=O) groups is 5. The van der Waals surface area contributed by atoms with E-state index in [9.17, 15) is 24.0 Å². The monoisotopic (exact) mass is 1470 g/mol. The second kappa shape index (κ2) is 94.5. The minimum atomic E-state index is -0.664. The molecule has 0 radical (unpaired) electrons. The van der Waals surface area contributed by atoms with E-state index in [1.807, 2.05) is 0 Å². The second-order valence-corrected chi connectivity index (χ2v) is 31.1. The van der Waals surface area contributed by atoms with Crippen molar-refractivity contribution >= 4 is 29.7 Å². The second-order valence-electron chi connectivity index (χ2n) is 31.1. The topological polar surface area (TPSA) is 138 Å². The molecule has 0 rings (SSSR count). The number of aliphatic carboxylic acids is 2. The summed E-state index contributed by atoms with van der Waals surface area (Å²) < 4.78 is 5.72. The van der Waals surface area contributed by atoms with E-state index < -0.39 is 11.9 Å². The van der Waals surface area contributed by atoms with Gasteiger partial charge < -0.3 is 14.9 Å². The van der Waals surface area contributed by atoms with Gasteiger partial charge in [0, 0.05) is 44.6 Å². The van der Waals surface area contributed by atoms with Crippen LogP contribution < -0.4 is 0 Å². The molecule has 0 aromatic heterocycles. The highest BCUT2D eigenvalue weighted by Gasteiger charge is 2.29. The number of carboxylic acid groups (broad SMARTS) is 2. The van der Waals surface area contributed by atoms with E-state index in [1.165, 1.54) is 315 Å². The Morgan fingerprint density at radius 1 is 0.238 bits per heavy atom. The number of esters is 1. The number of rotatable bonds is 81. The van der Waals surface area contributed by atoms with Gasteiger partial charge in [-0.15, -0.1) is 0 Å². The Labute approximate surface area is 653 Å². The number of allylic oxidation sites excluding steroid dienone is 10. The number of nitrogens with zero attached hydrogens (tertiary/aromatic N) is 1. The van der Waals surface area contributed by atoms with Gasteiger partial charge in [0.15, 0.2) is 0 Å². The van der Waals surface area contributed by atoms with Gasteiger partial charge in [0.1, 0.15) is 0 Å². The molecule has 2 N–H and O–H groups in total. The van der Waals surface area contributed by atoms with Crippen LogP contribution in [-0.4, -0.2) is 57.5 Å². The van der Waals surface area contributed by atoms with Gasteiger partial charge in [0.25, 0.3) is 0 Å². The molecule has 0 saturated heterocycles. The molecule has 9 nitrogen and oxygen atoms in total. The molecule has 1 unspecified atom stereocenters. The van der Waals surface area contributed by atoms with Crippen molar-refractivity contribution in [3.05, 3.63) is 60.8 Å². The molecule has 0 aliphatic rings. The SMILES string of the molecule is CCCCCCCCC=CCCCCCCCC(=O)O.CCCCCCCCC=CCCCCCCCC(=O)O.CCCCCCCCC=CCCCCCCCC(=O)OCCC(CCC)N(C(=O)CCCCCCCC=CCCCCCCCC)C(=O)CCCCCCCC=CCCCCCCCC. The average molecular weight is 1480 g/mol. The van der Waals surface area contributed by atoms with Crippen LogP contribution in [0.3, 0.4) is 0 Å². The first-order chi connectivity index (χ1) is 51.6. The zero-order valence-electron chi connectivity index (χ0n) is 71.0. The first kappa shape index (κ1) is 105. The fourth-order valence-corrected chi connectivity index (χ4v) is 13.6. The first-order valence-corrected chi connectivity index (χ1v) is 46.2. The molecular weight excluding hydrogens is 1300 g/mol. The normalized spacial score (nSPS) is 11.9. The molecule has 0 aliphatic heterocycles. The van der Waals surface area contributed by atoms with E-state index in [2.05, 4.69) is 102 Å². The van der Waals surface area contributed by atoms with Crippen molar-refractivity contribution in [3.8, 4) is 0 Å². The Bertz CT molecular complexity index is 1830. The Morgan fingerprint density at radius 2 is 0.429 bits per heavy atom. The lowest BCUT2D eigenvalue weighted by atomic mass is 10.0. The fraction of sp³-hybridized carbons (Fsp3) is 0.844. The van der Waals surface area contributed by atoms with E-state index in [-0.39, 0.29) is 30.4 Å². The zero-order chi connectivity index (χ0) is 77.1. The fourth-order valence-electron chi connectivity index (χ4n) is 13.6. The molecule has 0 spiro atoms. The number of hydrogen-bond acceptors (Lipinski definition) is 6. The predicted octanol–water partition coefficient (Wildman–Crippen LogP) is 31.8. The van der Waals surface area contributed by atoms with E-state index in [1.54, 1.807) is 4.90 Å². The van der Waals surface area contributed by atoms with Gasteiger partial charge in [-0.05, 0) is 167 Å². The maximum Gasteiger partial charge on any atom is 0.305 e. The number of amides is 2. The minimum absolute atomic E-state index is 0.0292. The summed E-state index contributed by atoms with van der Waals surface area (Å²) in [6, 6.07) is -0.209. The molecule has 0 aromatic rings. The van der Waals surface area contributed by atoms with Crippen LogP contribution in [0.15, 0.2) is 60.8 Å². The van der Waals surface area contributed by atoms with Gasteiger partial charge >= 0.3 is 17.9 Å². The van der Waals surface area contributed by atoms with Gasteiger partial charge in [-0.2, -0.15) is 0 Å². The van der Waals surface area contributed by atoms with Crippen LogP contribution >= 0.6 is 0 Å². The first-order valence-electron chi connectivity index (χ1n) is 46.2. The molecule has 0 aromatic carbocycles. The van der Waals surface area contributed by atoms with Crippen molar-refractivity contribution in [2.24, 2.45) is 0 Å². The Kier molecular flexibility index (Phi) is 94.8. The quantitative estimate of drug-likeness (QED) is 0.0349. The Hall–Kier alpha value is -3.75. The number of carboxylic acids is 2. The van der Waals surface area contributed by atoms with E-state index in [0.717, 1.165) is 116 Å². The lowest BCUT2D eigenvalue weighted by Crippen LogP contribution is -2.45. The summed E-state index contributed by atoms with van der Waals surface area (Å²) in [5.41, 5.74) is 0.